The van der Waals surface area contributed by atoms with Gasteiger partial charge in [0.05, 0.1) is 6.61 Å². The van der Waals surface area contributed by atoms with E-state index in [0.717, 1.165) is 56.3 Å². The van der Waals surface area contributed by atoms with Crippen LogP contribution in [0.1, 0.15) is 141 Å². The number of unbranched alkanes of at least 4 members (excludes halogenated alkanes) is 5. The number of rotatable bonds is 14. The van der Waals surface area contributed by atoms with Crippen molar-refractivity contribution >= 4 is 0 Å². The van der Waals surface area contributed by atoms with Crippen LogP contribution in [0.5, 0.6) is 5.75 Å². The lowest BCUT2D eigenvalue weighted by Crippen LogP contribution is -2.18. The highest BCUT2D eigenvalue weighted by atomic mass is 19.2. The van der Waals surface area contributed by atoms with Crippen molar-refractivity contribution in [2.24, 2.45) is 17.8 Å². The second kappa shape index (κ2) is 15.1. The summed E-state index contributed by atoms with van der Waals surface area (Å²) in [6.07, 6.45) is 23.1. The monoisotopic (exact) mass is 476 g/mol. The Labute approximate surface area is 208 Å². The van der Waals surface area contributed by atoms with Crippen molar-refractivity contribution in [1.29, 1.82) is 0 Å². The van der Waals surface area contributed by atoms with Crippen LogP contribution >= 0.6 is 0 Å². The van der Waals surface area contributed by atoms with Gasteiger partial charge in [0.2, 0.25) is 5.82 Å². The minimum atomic E-state index is -0.799. The van der Waals surface area contributed by atoms with Crippen LogP contribution in [0.15, 0.2) is 12.1 Å². The smallest absolute Gasteiger partial charge is 0.200 e. The Morgan fingerprint density at radius 1 is 0.647 bits per heavy atom. The van der Waals surface area contributed by atoms with E-state index in [0.29, 0.717) is 12.2 Å². The third-order valence-electron chi connectivity index (χ3n) is 8.78. The molecule has 1 aromatic carbocycles. The molecule has 0 bridgehead atoms. The fourth-order valence-corrected chi connectivity index (χ4v) is 6.38. The average Bonchev–Trinajstić information content (AvgIpc) is 2.86. The summed E-state index contributed by atoms with van der Waals surface area (Å²) >= 11 is 0. The zero-order valence-corrected chi connectivity index (χ0v) is 22.1. The number of halogens is 2. The Bertz CT molecular complexity index is 687. The molecule has 2 saturated carbocycles. The van der Waals surface area contributed by atoms with Gasteiger partial charge in [-0.2, -0.15) is 4.39 Å². The maximum Gasteiger partial charge on any atom is 0.200 e. The lowest BCUT2D eigenvalue weighted by atomic mass is 9.74. The maximum absolute atomic E-state index is 14.8. The van der Waals surface area contributed by atoms with Crippen molar-refractivity contribution in [2.45, 2.75) is 135 Å². The zero-order chi connectivity index (χ0) is 24.2. The van der Waals surface area contributed by atoms with Gasteiger partial charge in [-0.25, -0.2) is 4.39 Å². The van der Waals surface area contributed by atoms with Crippen molar-refractivity contribution in [3.8, 4) is 5.75 Å². The highest BCUT2D eigenvalue weighted by molar-refractivity contribution is 5.33. The van der Waals surface area contributed by atoms with Gasteiger partial charge in [0, 0.05) is 0 Å². The fourth-order valence-electron chi connectivity index (χ4n) is 6.38. The van der Waals surface area contributed by atoms with Crippen molar-refractivity contribution in [3.63, 3.8) is 0 Å². The molecule has 0 spiro atoms. The first-order chi connectivity index (χ1) is 16.6. The quantitative estimate of drug-likeness (QED) is 0.243. The molecule has 34 heavy (non-hydrogen) atoms. The number of hydrogen-bond donors (Lipinski definition) is 0. The fraction of sp³-hybridized carbons (Fsp3) is 0.806. The second-order valence-electron chi connectivity index (χ2n) is 11.4. The van der Waals surface area contributed by atoms with Crippen LogP contribution in [-0.4, -0.2) is 6.61 Å². The first kappa shape index (κ1) is 27.5. The molecule has 1 aromatic rings. The lowest BCUT2D eigenvalue weighted by Gasteiger charge is -2.32. The van der Waals surface area contributed by atoms with Gasteiger partial charge in [0.1, 0.15) is 0 Å². The highest BCUT2D eigenvalue weighted by Crippen LogP contribution is 2.41. The maximum atomic E-state index is 14.8. The van der Waals surface area contributed by atoms with Gasteiger partial charge >= 0.3 is 0 Å². The summed E-state index contributed by atoms with van der Waals surface area (Å²) in [5.74, 6) is 1.44. The van der Waals surface area contributed by atoms with Crippen LogP contribution in [0.25, 0.3) is 0 Å². The van der Waals surface area contributed by atoms with E-state index in [1.54, 1.807) is 12.1 Å². The Kier molecular flexibility index (Phi) is 12.2. The van der Waals surface area contributed by atoms with Crippen LogP contribution < -0.4 is 4.74 Å². The van der Waals surface area contributed by atoms with Gasteiger partial charge in [-0.05, 0) is 67.4 Å². The van der Waals surface area contributed by atoms with Gasteiger partial charge in [0.15, 0.2) is 11.6 Å². The van der Waals surface area contributed by atoms with Crippen molar-refractivity contribution < 1.29 is 13.5 Å². The third-order valence-corrected chi connectivity index (χ3v) is 8.78. The van der Waals surface area contributed by atoms with Crippen LogP contribution in [0.2, 0.25) is 0 Å². The van der Waals surface area contributed by atoms with Crippen LogP contribution in [0.3, 0.4) is 0 Å². The highest BCUT2D eigenvalue weighted by Gasteiger charge is 2.28. The number of ether oxygens (including phenoxy) is 1. The first-order valence-electron chi connectivity index (χ1n) is 14.7. The number of benzene rings is 1. The zero-order valence-electron chi connectivity index (χ0n) is 22.1. The van der Waals surface area contributed by atoms with E-state index in [2.05, 4.69) is 13.8 Å². The second-order valence-corrected chi connectivity index (χ2v) is 11.4. The summed E-state index contributed by atoms with van der Waals surface area (Å²) in [7, 11) is 0. The molecule has 2 aliphatic rings. The predicted octanol–water partition coefficient (Wildman–Crippen LogP) is 10.4. The van der Waals surface area contributed by atoms with E-state index in [1.165, 1.54) is 77.0 Å². The molecule has 0 N–H and O–H groups in total. The van der Waals surface area contributed by atoms with E-state index in [-0.39, 0.29) is 11.7 Å². The Hall–Kier alpha value is -1.12. The Morgan fingerprint density at radius 2 is 1.21 bits per heavy atom. The van der Waals surface area contributed by atoms with Gasteiger partial charge in [-0.3, -0.25) is 0 Å². The van der Waals surface area contributed by atoms with Gasteiger partial charge in [-0.15, -0.1) is 0 Å². The van der Waals surface area contributed by atoms with E-state index >= 15 is 0 Å². The summed E-state index contributed by atoms with van der Waals surface area (Å²) in [4.78, 5) is 0. The summed E-state index contributed by atoms with van der Waals surface area (Å²) in [5.41, 5.74) is 0.562. The molecule has 0 unspecified atom stereocenters. The minimum Gasteiger partial charge on any atom is -0.490 e. The van der Waals surface area contributed by atoms with Crippen LogP contribution in [-0.2, 0) is 0 Å². The SMILES string of the molecule is CCCCCCCC1CCC(CC[C@H]2CC[C@H](c3ccc(OCCCC)c(F)c3F)CC2)CC1. The topological polar surface area (TPSA) is 9.23 Å². The summed E-state index contributed by atoms with van der Waals surface area (Å²) in [6, 6.07) is 3.41. The molecule has 3 heteroatoms. The summed E-state index contributed by atoms with van der Waals surface area (Å²) in [5, 5.41) is 0. The average molecular weight is 477 g/mol. The molecule has 0 heterocycles. The largest absolute Gasteiger partial charge is 0.490 e. The molecule has 0 atom stereocenters. The molecular weight excluding hydrogens is 426 g/mol. The molecule has 0 radical (unpaired) electrons. The minimum absolute atomic E-state index is 0.0644. The Morgan fingerprint density at radius 3 is 1.82 bits per heavy atom. The van der Waals surface area contributed by atoms with E-state index in [4.69, 9.17) is 4.74 Å². The van der Waals surface area contributed by atoms with Gasteiger partial charge in [0.25, 0.3) is 0 Å². The third kappa shape index (κ3) is 8.52. The summed E-state index contributed by atoms with van der Waals surface area (Å²) in [6.45, 7) is 4.79. The van der Waals surface area contributed by atoms with Gasteiger partial charge < -0.3 is 4.74 Å². The van der Waals surface area contributed by atoms with Crippen molar-refractivity contribution in [1.82, 2.24) is 0 Å². The van der Waals surface area contributed by atoms with Gasteiger partial charge in [-0.1, -0.05) is 103 Å². The molecule has 0 aromatic heterocycles. The molecule has 3 rings (SSSR count). The molecular formula is C31H50F2O. The van der Waals surface area contributed by atoms with Crippen LogP contribution in [0, 0.1) is 29.4 Å². The van der Waals surface area contributed by atoms with Crippen molar-refractivity contribution in [2.75, 3.05) is 6.61 Å². The van der Waals surface area contributed by atoms with Crippen LogP contribution in [0.4, 0.5) is 8.78 Å². The van der Waals surface area contributed by atoms with E-state index in [9.17, 15) is 8.78 Å². The van der Waals surface area contributed by atoms with E-state index < -0.39 is 11.6 Å². The molecule has 2 fully saturated rings. The molecule has 1 nitrogen and oxygen atoms in total. The Balaban J connectivity index is 1.33. The molecule has 0 saturated heterocycles. The first-order valence-corrected chi connectivity index (χ1v) is 14.7. The molecule has 194 valence electrons. The standard InChI is InChI=1S/C31H50F2O/c1-3-5-7-8-9-10-24-11-13-25(14-12-24)15-16-26-17-19-27(20-18-26)28-21-22-29(31(33)30(28)32)34-23-6-4-2/h21-22,24-27H,3-20,23H2,1-2H3/t24?,25?,26-,27-. The predicted molar refractivity (Wildman–Crippen MR) is 140 cm³/mol. The van der Waals surface area contributed by atoms with Crippen molar-refractivity contribution in [3.05, 3.63) is 29.3 Å². The molecule has 2 aliphatic carbocycles. The van der Waals surface area contributed by atoms with E-state index in [1.807, 2.05) is 0 Å². The number of hydrogen-bond acceptors (Lipinski definition) is 1. The molecule has 0 amide bonds. The normalized spacial score (nSPS) is 25.4. The molecule has 0 aliphatic heterocycles. The summed E-state index contributed by atoms with van der Waals surface area (Å²) < 4.78 is 34.7. The lowest BCUT2D eigenvalue weighted by molar-refractivity contribution is 0.221.